The summed E-state index contributed by atoms with van der Waals surface area (Å²) in [7, 11) is 0. The van der Waals surface area contributed by atoms with Gasteiger partial charge in [0, 0.05) is 17.4 Å². The summed E-state index contributed by atoms with van der Waals surface area (Å²) in [5, 5.41) is 3.01. The number of nitrogens with one attached hydrogen (secondary N) is 1. The van der Waals surface area contributed by atoms with Gasteiger partial charge in [-0.2, -0.15) is 0 Å². The normalized spacial score (nSPS) is 18.4. The van der Waals surface area contributed by atoms with Gasteiger partial charge >= 0.3 is 0 Å². The number of hydrogen-bond donors (Lipinski definition) is 2. The van der Waals surface area contributed by atoms with E-state index in [4.69, 9.17) is 5.73 Å². The maximum Gasteiger partial charge on any atom is 0.224 e. The summed E-state index contributed by atoms with van der Waals surface area (Å²) >= 11 is 0. The number of nitrogens with two attached hydrogens (primary N) is 1. The molecule has 0 aromatic carbocycles. The monoisotopic (exact) mass is 294 g/mol. The first kappa shape index (κ1) is 17.7. The van der Waals surface area contributed by atoms with Crippen LogP contribution in [0.5, 0.6) is 0 Å². The van der Waals surface area contributed by atoms with Crippen molar-refractivity contribution in [1.82, 2.24) is 5.32 Å². The smallest absolute Gasteiger partial charge is 0.224 e. The van der Waals surface area contributed by atoms with Gasteiger partial charge in [-0.1, -0.05) is 25.3 Å². The van der Waals surface area contributed by atoms with Gasteiger partial charge in [-0.05, 0) is 46.0 Å². The number of rotatable bonds is 8. The van der Waals surface area contributed by atoms with Crippen LogP contribution in [-0.4, -0.2) is 17.4 Å². The van der Waals surface area contributed by atoms with Gasteiger partial charge in [0.15, 0.2) is 0 Å². The number of amides is 2. The van der Waals surface area contributed by atoms with Gasteiger partial charge in [-0.25, -0.2) is 0 Å². The summed E-state index contributed by atoms with van der Waals surface area (Å²) in [6.45, 7) is 9.55. The van der Waals surface area contributed by atoms with E-state index in [2.05, 4.69) is 11.9 Å². The summed E-state index contributed by atoms with van der Waals surface area (Å²) in [5.41, 5.74) is 5.27. The molecule has 0 aromatic rings. The Morgan fingerprint density at radius 3 is 2.33 bits per heavy atom. The molecule has 1 unspecified atom stereocenters. The van der Waals surface area contributed by atoms with Gasteiger partial charge in [0.25, 0.3) is 0 Å². The van der Waals surface area contributed by atoms with E-state index in [1.165, 1.54) is 6.42 Å². The maximum absolute atomic E-state index is 12.6. The molecule has 21 heavy (non-hydrogen) atoms. The first-order chi connectivity index (χ1) is 9.74. The number of primary amides is 1. The Morgan fingerprint density at radius 2 is 1.95 bits per heavy atom. The van der Waals surface area contributed by atoms with E-state index >= 15 is 0 Å². The third-order valence-corrected chi connectivity index (χ3v) is 4.18. The van der Waals surface area contributed by atoms with E-state index < -0.39 is 5.92 Å². The van der Waals surface area contributed by atoms with Crippen molar-refractivity contribution in [2.45, 2.75) is 64.8 Å². The Kier molecular flexibility index (Phi) is 6.43. The first-order valence-electron chi connectivity index (χ1n) is 7.97. The lowest BCUT2D eigenvalue weighted by molar-refractivity contribution is -0.135. The quantitative estimate of drug-likeness (QED) is 0.676. The molecule has 0 aliphatic heterocycles. The third kappa shape index (κ3) is 5.90. The molecular weight excluding hydrogens is 264 g/mol. The molecule has 120 valence electrons. The number of allylic oxidation sites excluding steroid dienone is 1. The molecule has 0 aromatic heterocycles. The Hall–Kier alpha value is -1.32. The molecule has 2 amide bonds. The summed E-state index contributed by atoms with van der Waals surface area (Å²) < 4.78 is 0. The molecule has 0 radical (unpaired) electrons. The predicted octanol–water partition coefficient (Wildman–Crippen LogP) is 2.78. The zero-order valence-corrected chi connectivity index (χ0v) is 13.7. The number of carbonyl (C=O) groups excluding carboxylic acids is 2. The number of hydrogen-bond acceptors (Lipinski definition) is 2. The molecule has 1 aliphatic carbocycles. The number of carbonyl (C=O) groups is 2. The average molecular weight is 294 g/mol. The Bertz CT molecular complexity index is 381. The molecule has 1 rings (SSSR count). The molecule has 0 saturated heterocycles. The van der Waals surface area contributed by atoms with Crippen LogP contribution in [0, 0.1) is 17.8 Å². The Labute approximate surface area is 128 Å². The molecule has 2 atom stereocenters. The zero-order valence-electron chi connectivity index (χ0n) is 13.7. The minimum absolute atomic E-state index is 0.0396. The highest BCUT2D eigenvalue weighted by Crippen LogP contribution is 2.36. The predicted molar refractivity (Wildman–Crippen MR) is 85.5 cm³/mol. The second-order valence-corrected chi connectivity index (χ2v) is 7.25. The molecule has 1 fully saturated rings. The molecule has 1 saturated carbocycles. The first-order valence-corrected chi connectivity index (χ1v) is 7.97. The van der Waals surface area contributed by atoms with Crippen molar-refractivity contribution in [2.75, 3.05) is 0 Å². The van der Waals surface area contributed by atoms with Crippen molar-refractivity contribution >= 4 is 11.8 Å². The second-order valence-electron chi connectivity index (χ2n) is 7.25. The topological polar surface area (TPSA) is 72.2 Å². The van der Waals surface area contributed by atoms with E-state index in [9.17, 15) is 9.59 Å². The fourth-order valence-corrected chi connectivity index (χ4v) is 2.84. The van der Waals surface area contributed by atoms with Crippen LogP contribution in [-0.2, 0) is 9.59 Å². The van der Waals surface area contributed by atoms with Gasteiger partial charge in [0.05, 0.1) is 0 Å². The van der Waals surface area contributed by atoms with Crippen molar-refractivity contribution < 1.29 is 9.59 Å². The summed E-state index contributed by atoms with van der Waals surface area (Å²) in [6.07, 6.45) is 7.40. The fraction of sp³-hybridized carbons (Fsp3) is 0.765. The third-order valence-electron chi connectivity index (χ3n) is 4.18. The molecule has 4 heteroatoms. The van der Waals surface area contributed by atoms with Gasteiger partial charge < -0.3 is 11.1 Å². The molecule has 3 N–H and O–H groups in total. The van der Waals surface area contributed by atoms with Crippen LogP contribution in [0.2, 0.25) is 0 Å². The van der Waals surface area contributed by atoms with Crippen LogP contribution in [0.3, 0.4) is 0 Å². The molecule has 4 nitrogen and oxygen atoms in total. The maximum atomic E-state index is 12.6. The Balaban J connectivity index is 2.83. The lowest BCUT2D eigenvalue weighted by Gasteiger charge is -2.34. The van der Waals surface area contributed by atoms with Crippen molar-refractivity contribution in [3.63, 3.8) is 0 Å². The van der Waals surface area contributed by atoms with Crippen LogP contribution in [0.4, 0.5) is 0 Å². The minimum Gasteiger partial charge on any atom is -0.369 e. The van der Waals surface area contributed by atoms with Crippen LogP contribution >= 0.6 is 0 Å². The van der Waals surface area contributed by atoms with Gasteiger partial charge in [-0.15, -0.1) is 6.58 Å². The SMILES string of the molecule is C=CCC[C@H](C(N)=O)C(CC1CCC1)C(=O)NC(C)(C)C. The van der Waals surface area contributed by atoms with Gasteiger partial charge in [0.1, 0.15) is 0 Å². The summed E-state index contributed by atoms with van der Waals surface area (Å²) in [4.78, 5) is 24.4. The van der Waals surface area contributed by atoms with Crippen LogP contribution in [0.1, 0.15) is 59.3 Å². The van der Waals surface area contributed by atoms with E-state index in [-0.39, 0.29) is 23.3 Å². The highest BCUT2D eigenvalue weighted by molar-refractivity contribution is 5.87. The van der Waals surface area contributed by atoms with Crippen LogP contribution in [0.15, 0.2) is 12.7 Å². The largest absolute Gasteiger partial charge is 0.369 e. The standard InChI is InChI=1S/C17H30N2O2/c1-5-6-10-13(15(18)20)14(11-12-8-7-9-12)16(21)19-17(2,3)4/h5,12-14H,1,6-11H2,2-4H3,(H2,18,20)(H,19,21)/t13-,14?/m0/s1. The van der Waals surface area contributed by atoms with E-state index in [0.29, 0.717) is 18.8 Å². The van der Waals surface area contributed by atoms with Gasteiger partial charge in [-0.3, -0.25) is 9.59 Å². The van der Waals surface area contributed by atoms with Crippen LogP contribution < -0.4 is 11.1 Å². The molecule has 0 spiro atoms. The van der Waals surface area contributed by atoms with Crippen molar-refractivity contribution in [2.24, 2.45) is 23.5 Å². The Morgan fingerprint density at radius 1 is 1.33 bits per heavy atom. The minimum atomic E-state index is -0.397. The molecule has 0 bridgehead atoms. The van der Waals surface area contributed by atoms with E-state index in [0.717, 1.165) is 19.3 Å². The fourth-order valence-electron chi connectivity index (χ4n) is 2.84. The average Bonchev–Trinajstić information content (AvgIpc) is 2.28. The lowest BCUT2D eigenvalue weighted by Crippen LogP contribution is -2.48. The van der Waals surface area contributed by atoms with Crippen LogP contribution in [0.25, 0.3) is 0 Å². The second kappa shape index (κ2) is 7.62. The van der Waals surface area contributed by atoms with Crippen molar-refractivity contribution in [3.05, 3.63) is 12.7 Å². The lowest BCUT2D eigenvalue weighted by atomic mass is 9.73. The summed E-state index contributed by atoms with van der Waals surface area (Å²) in [6, 6.07) is 0. The highest BCUT2D eigenvalue weighted by Gasteiger charge is 2.36. The summed E-state index contributed by atoms with van der Waals surface area (Å²) in [5.74, 6) is -0.559. The molecular formula is C17H30N2O2. The molecule has 1 aliphatic rings. The zero-order chi connectivity index (χ0) is 16.0. The van der Waals surface area contributed by atoms with Gasteiger partial charge in [0.2, 0.25) is 11.8 Å². The van der Waals surface area contributed by atoms with Crippen molar-refractivity contribution in [1.29, 1.82) is 0 Å². The van der Waals surface area contributed by atoms with Crippen molar-refractivity contribution in [3.8, 4) is 0 Å². The van der Waals surface area contributed by atoms with E-state index in [1.807, 2.05) is 20.8 Å². The van der Waals surface area contributed by atoms with E-state index in [1.54, 1.807) is 6.08 Å². The molecule has 0 heterocycles. The highest BCUT2D eigenvalue weighted by atomic mass is 16.2.